The second kappa shape index (κ2) is 6.99. The number of aliphatic hydroxyl groups is 1. The van der Waals surface area contributed by atoms with Crippen molar-refractivity contribution in [3.63, 3.8) is 0 Å². The molecule has 0 aromatic heterocycles. The minimum atomic E-state index is -0.388. The van der Waals surface area contributed by atoms with Crippen molar-refractivity contribution < 1.29 is 9.84 Å². The summed E-state index contributed by atoms with van der Waals surface area (Å²) >= 11 is 3.48. The first-order chi connectivity index (χ1) is 8.02. The van der Waals surface area contributed by atoms with Gasteiger partial charge in [0.1, 0.15) is 5.75 Å². The van der Waals surface area contributed by atoms with Gasteiger partial charge >= 0.3 is 0 Å². The van der Waals surface area contributed by atoms with Crippen LogP contribution in [0, 0.1) is 0 Å². The van der Waals surface area contributed by atoms with E-state index in [4.69, 9.17) is 4.74 Å². The van der Waals surface area contributed by atoms with Crippen LogP contribution in [0.4, 0.5) is 0 Å². The fourth-order valence-electron chi connectivity index (χ4n) is 1.53. The van der Waals surface area contributed by atoms with E-state index >= 15 is 0 Å². The normalized spacial score (nSPS) is 12.8. The second-order valence-corrected chi connectivity index (χ2v) is 5.23. The summed E-state index contributed by atoms with van der Waals surface area (Å²) in [5.41, 5.74) is 1.06. The third kappa shape index (κ3) is 5.06. The lowest BCUT2D eigenvalue weighted by molar-refractivity contribution is 0.168. The van der Waals surface area contributed by atoms with Crippen LogP contribution in [0.2, 0.25) is 0 Å². The molecule has 0 amide bonds. The van der Waals surface area contributed by atoms with Crippen LogP contribution in [-0.4, -0.2) is 30.9 Å². The van der Waals surface area contributed by atoms with E-state index in [0.29, 0.717) is 19.0 Å². The highest BCUT2D eigenvalue weighted by Crippen LogP contribution is 2.23. The van der Waals surface area contributed by atoms with Crippen molar-refractivity contribution in [2.75, 3.05) is 13.7 Å². The molecule has 3 nitrogen and oxygen atoms in total. The van der Waals surface area contributed by atoms with Gasteiger partial charge in [0, 0.05) is 23.5 Å². The molecule has 0 spiro atoms. The van der Waals surface area contributed by atoms with E-state index in [1.807, 2.05) is 18.2 Å². The maximum Gasteiger partial charge on any atom is 0.119 e. The van der Waals surface area contributed by atoms with Gasteiger partial charge < -0.3 is 15.2 Å². The fraction of sp³-hybridized carbons (Fsp3) is 0.538. The van der Waals surface area contributed by atoms with Gasteiger partial charge in [-0.1, -0.05) is 29.8 Å². The summed E-state index contributed by atoms with van der Waals surface area (Å²) in [6.07, 6.45) is 0.220. The van der Waals surface area contributed by atoms with Crippen LogP contribution in [0.25, 0.3) is 0 Å². The van der Waals surface area contributed by atoms with Crippen molar-refractivity contribution in [3.05, 3.63) is 28.2 Å². The molecule has 17 heavy (non-hydrogen) atoms. The molecule has 0 radical (unpaired) electrons. The number of hydrogen-bond acceptors (Lipinski definition) is 3. The molecule has 96 valence electrons. The van der Waals surface area contributed by atoms with Crippen molar-refractivity contribution in [2.24, 2.45) is 0 Å². The predicted octanol–water partition coefficient (Wildman–Crippen LogP) is 2.36. The molecule has 1 atom stereocenters. The lowest BCUT2D eigenvalue weighted by Gasteiger charge is -2.15. The Balaban J connectivity index is 2.60. The Labute approximate surface area is 111 Å². The zero-order valence-electron chi connectivity index (χ0n) is 10.5. The number of benzene rings is 1. The summed E-state index contributed by atoms with van der Waals surface area (Å²) < 4.78 is 6.17. The van der Waals surface area contributed by atoms with Crippen molar-refractivity contribution in [1.82, 2.24) is 5.32 Å². The molecule has 1 rings (SSSR count). The van der Waals surface area contributed by atoms with E-state index in [0.717, 1.165) is 15.8 Å². The Bertz CT molecular complexity index is 355. The highest BCUT2D eigenvalue weighted by atomic mass is 79.9. The van der Waals surface area contributed by atoms with Crippen LogP contribution >= 0.6 is 15.9 Å². The molecule has 1 aromatic rings. The summed E-state index contributed by atoms with van der Waals surface area (Å²) in [7, 11) is 1.64. The first kappa shape index (κ1) is 14.5. The molecule has 0 aliphatic heterocycles. The molecule has 0 heterocycles. The molecule has 0 saturated carbocycles. The molecule has 2 N–H and O–H groups in total. The Morgan fingerprint density at radius 3 is 2.71 bits per heavy atom. The van der Waals surface area contributed by atoms with Gasteiger partial charge in [0.25, 0.3) is 0 Å². The summed E-state index contributed by atoms with van der Waals surface area (Å²) in [6.45, 7) is 4.73. The number of methoxy groups -OCH3 is 1. The minimum Gasteiger partial charge on any atom is -0.497 e. The van der Waals surface area contributed by atoms with Gasteiger partial charge in [0.05, 0.1) is 13.2 Å². The van der Waals surface area contributed by atoms with Crippen LogP contribution in [0.15, 0.2) is 22.7 Å². The van der Waals surface area contributed by atoms with Crippen LogP contribution < -0.4 is 10.1 Å². The van der Waals surface area contributed by atoms with Crippen molar-refractivity contribution in [1.29, 1.82) is 0 Å². The van der Waals surface area contributed by atoms with Gasteiger partial charge in [0.15, 0.2) is 0 Å². The zero-order valence-corrected chi connectivity index (χ0v) is 12.1. The molecule has 0 fully saturated rings. The monoisotopic (exact) mass is 301 g/mol. The fourth-order valence-corrected chi connectivity index (χ4v) is 1.94. The molecule has 1 unspecified atom stereocenters. The van der Waals surface area contributed by atoms with Gasteiger partial charge in [-0.3, -0.25) is 0 Å². The van der Waals surface area contributed by atoms with E-state index in [1.54, 1.807) is 7.11 Å². The first-order valence-electron chi connectivity index (χ1n) is 5.76. The average molecular weight is 302 g/mol. The van der Waals surface area contributed by atoms with Gasteiger partial charge in [-0.05, 0) is 23.8 Å². The molecular formula is C13H20BrNO2. The molecule has 0 saturated heterocycles. The number of halogens is 1. The van der Waals surface area contributed by atoms with Gasteiger partial charge in [-0.25, -0.2) is 0 Å². The number of nitrogens with one attached hydrogen (secondary N) is 1. The Hall–Kier alpha value is -0.580. The number of rotatable bonds is 6. The lowest BCUT2D eigenvalue weighted by atomic mass is 10.1. The summed E-state index contributed by atoms with van der Waals surface area (Å²) in [5, 5.41) is 13.1. The second-order valence-electron chi connectivity index (χ2n) is 4.38. The highest BCUT2D eigenvalue weighted by Gasteiger charge is 2.09. The van der Waals surface area contributed by atoms with Crippen LogP contribution in [0.3, 0.4) is 0 Å². The smallest absolute Gasteiger partial charge is 0.119 e. The van der Waals surface area contributed by atoms with E-state index < -0.39 is 0 Å². The molecule has 0 aliphatic rings. The van der Waals surface area contributed by atoms with Crippen molar-refractivity contribution >= 4 is 15.9 Å². The Kier molecular flexibility index (Phi) is 5.95. The molecule has 1 aromatic carbocycles. The average Bonchev–Trinajstić information content (AvgIpc) is 2.29. The number of ether oxygens (including phenoxy) is 1. The summed E-state index contributed by atoms with van der Waals surface area (Å²) in [4.78, 5) is 0. The molecule has 0 bridgehead atoms. The Morgan fingerprint density at radius 2 is 2.12 bits per heavy atom. The van der Waals surface area contributed by atoms with Crippen molar-refractivity contribution in [2.45, 2.75) is 32.4 Å². The highest BCUT2D eigenvalue weighted by molar-refractivity contribution is 9.10. The van der Waals surface area contributed by atoms with Gasteiger partial charge in [-0.15, -0.1) is 0 Å². The predicted molar refractivity (Wildman–Crippen MR) is 73.5 cm³/mol. The first-order valence-corrected chi connectivity index (χ1v) is 6.56. The van der Waals surface area contributed by atoms with E-state index in [1.165, 1.54) is 0 Å². The van der Waals surface area contributed by atoms with E-state index in [9.17, 15) is 5.11 Å². The van der Waals surface area contributed by atoms with Gasteiger partial charge in [0.2, 0.25) is 0 Å². The maximum absolute atomic E-state index is 9.92. The van der Waals surface area contributed by atoms with E-state index in [2.05, 4.69) is 35.1 Å². The van der Waals surface area contributed by atoms with Crippen LogP contribution in [0.1, 0.15) is 19.4 Å². The molecule has 0 aliphatic carbocycles. The third-order valence-corrected chi connectivity index (χ3v) is 3.24. The van der Waals surface area contributed by atoms with Crippen molar-refractivity contribution in [3.8, 4) is 5.75 Å². The van der Waals surface area contributed by atoms with E-state index in [-0.39, 0.29) is 6.10 Å². The number of aliphatic hydroxyl groups excluding tert-OH is 1. The zero-order chi connectivity index (χ0) is 12.8. The van der Waals surface area contributed by atoms with Crippen LogP contribution in [0.5, 0.6) is 5.75 Å². The SMILES string of the molecule is COc1ccc(Br)c(CC(O)CNC(C)C)c1. The topological polar surface area (TPSA) is 41.5 Å². The molecule has 4 heteroatoms. The number of hydrogen-bond donors (Lipinski definition) is 2. The standard InChI is InChI=1S/C13H20BrNO2/c1-9(2)15-8-11(16)6-10-7-12(17-3)4-5-13(10)14/h4-5,7,9,11,15-16H,6,8H2,1-3H3. The summed E-state index contributed by atoms with van der Waals surface area (Å²) in [6, 6.07) is 6.17. The largest absolute Gasteiger partial charge is 0.497 e. The summed E-state index contributed by atoms with van der Waals surface area (Å²) in [5.74, 6) is 0.812. The third-order valence-electron chi connectivity index (χ3n) is 2.47. The maximum atomic E-state index is 9.92. The lowest BCUT2D eigenvalue weighted by Crippen LogP contribution is -2.33. The quantitative estimate of drug-likeness (QED) is 0.847. The van der Waals surface area contributed by atoms with Gasteiger partial charge in [-0.2, -0.15) is 0 Å². The van der Waals surface area contributed by atoms with Crippen LogP contribution in [-0.2, 0) is 6.42 Å². The Morgan fingerprint density at radius 1 is 1.41 bits per heavy atom. The minimum absolute atomic E-state index is 0.387. The molecular weight excluding hydrogens is 282 g/mol.